The van der Waals surface area contributed by atoms with Crippen molar-refractivity contribution in [1.82, 2.24) is 0 Å². The van der Waals surface area contributed by atoms with E-state index in [0.717, 1.165) is 6.07 Å². The van der Waals surface area contributed by atoms with Crippen LogP contribution in [0.2, 0.25) is 0 Å². The third kappa shape index (κ3) is 3.11. The Hall–Kier alpha value is -1.28. The van der Waals surface area contributed by atoms with E-state index in [1.165, 1.54) is 0 Å². The van der Waals surface area contributed by atoms with E-state index in [2.05, 4.69) is 4.74 Å². The summed E-state index contributed by atoms with van der Waals surface area (Å²) in [4.78, 5) is 0. The topological polar surface area (TPSA) is 49.7 Å². The van der Waals surface area contributed by atoms with Crippen molar-refractivity contribution in [2.45, 2.75) is 6.43 Å². The number of benzene rings is 1. The highest BCUT2D eigenvalue weighted by molar-refractivity contribution is 6.58. The molecule has 88 valence electrons. The molecule has 0 saturated carbocycles. The molecule has 0 bridgehead atoms. The molecule has 0 radical (unpaired) electrons. The van der Waals surface area contributed by atoms with Gasteiger partial charge in [-0.2, -0.15) is 4.39 Å². The van der Waals surface area contributed by atoms with Crippen molar-refractivity contribution in [3.8, 4) is 5.75 Å². The molecule has 0 aliphatic heterocycles. The average Bonchev–Trinajstić information content (AvgIpc) is 2.19. The molecule has 1 aromatic rings. The van der Waals surface area contributed by atoms with Crippen LogP contribution in [0.25, 0.3) is 0 Å². The van der Waals surface area contributed by atoms with Gasteiger partial charge in [0.2, 0.25) is 5.82 Å². The van der Waals surface area contributed by atoms with Gasteiger partial charge < -0.3 is 14.8 Å². The van der Waals surface area contributed by atoms with Crippen LogP contribution in [0.15, 0.2) is 12.1 Å². The first-order valence-corrected chi connectivity index (χ1v) is 4.18. The summed E-state index contributed by atoms with van der Waals surface area (Å²) in [5.41, 5.74) is -0.386. The Kier molecular flexibility index (Phi) is 4.14. The van der Waals surface area contributed by atoms with Crippen molar-refractivity contribution in [2.24, 2.45) is 0 Å². The van der Waals surface area contributed by atoms with Crippen LogP contribution < -0.4 is 10.2 Å². The van der Waals surface area contributed by atoms with Crippen molar-refractivity contribution < 1.29 is 32.3 Å². The van der Waals surface area contributed by atoms with Gasteiger partial charge in [-0.1, -0.05) is 0 Å². The van der Waals surface area contributed by atoms with E-state index in [4.69, 9.17) is 10.0 Å². The van der Waals surface area contributed by atoms with E-state index in [1.807, 2.05) is 0 Å². The summed E-state index contributed by atoms with van der Waals surface area (Å²) in [6.07, 6.45) is -2.84. The molecule has 1 rings (SSSR count). The fourth-order valence-corrected chi connectivity index (χ4v) is 0.991. The number of hydrogen-bond donors (Lipinski definition) is 2. The van der Waals surface area contributed by atoms with E-state index in [-0.39, 0.29) is 5.46 Å². The molecular weight excluding hydrogens is 231 g/mol. The van der Waals surface area contributed by atoms with E-state index in [1.54, 1.807) is 0 Å². The molecule has 0 unspecified atom stereocenters. The highest BCUT2D eigenvalue weighted by Gasteiger charge is 2.19. The van der Waals surface area contributed by atoms with Gasteiger partial charge in [-0.05, 0) is 17.6 Å². The van der Waals surface area contributed by atoms with Gasteiger partial charge >= 0.3 is 7.12 Å². The van der Waals surface area contributed by atoms with Gasteiger partial charge in [0.05, 0.1) is 0 Å². The minimum atomic E-state index is -2.84. The molecule has 0 fully saturated rings. The fraction of sp³-hybridized carbons (Fsp3) is 0.250. The van der Waals surface area contributed by atoms with Crippen LogP contribution in [-0.2, 0) is 0 Å². The van der Waals surface area contributed by atoms with Gasteiger partial charge in [0.25, 0.3) is 6.43 Å². The van der Waals surface area contributed by atoms with Crippen LogP contribution in [0.1, 0.15) is 0 Å². The maximum Gasteiger partial charge on any atom is 0.488 e. The zero-order valence-electron chi connectivity index (χ0n) is 7.83. The third-order valence-corrected chi connectivity index (χ3v) is 1.68. The van der Waals surface area contributed by atoms with Crippen LogP contribution in [0.5, 0.6) is 5.75 Å². The smallest absolute Gasteiger partial charge is 0.484 e. The maximum absolute atomic E-state index is 13.0. The third-order valence-electron chi connectivity index (χ3n) is 1.68. The first-order chi connectivity index (χ1) is 7.41. The van der Waals surface area contributed by atoms with Gasteiger partial charge in [-0.3, -0.25) is 0 Å². The van der Waals surface area contributed by atoms with Crippen molar-refractivity contribution >= 4 is 12.6 Å². The van der Waals surface area contributed by atoms with Crippen LogP contribution >= 0.6 is 0 Å². The second kappa shape index (κ2) is 5.17. The molecule has 8 heteroatoms. The Morgan fingerprint density at radius 1 is 1.25 bits per heavy atom. The van der Waals surface area contributed by atoms with Crippen molar-refractivity contribution in [1.29, 1.82) is 0 Å². The lowest BCUT2D eigenvalue weighted by Gasteiger charge is -2.09. The summed E-state index contributed by atoms with van der Waals surface area (Å²) >= 11 is 0. The summed E-state index contributed by atoms with van der Waals surface area (Å²) in [6, 6.07) is 1.28. The Morgan fingerprint density at radius 2 is 1.88 bits per heavy atom. The lowest BCUT2D eigenvalue weighted by atomic mass is 9.80. The van der Waals surface area contributed by atoms with Gasteiger partial charge in [0.15, 0.2) is 11.6 Å². The zero-order chi connectivity index (χ0) is 12.3. The van der Waals surface area contributed by atoms with Gasteiger partial charge in [0.1, 0.15) is 6.61 Å². The van der Waals surface area contributed by atoms with E-state index in [9.17, 15) is 17.6 Å². The van der Waals surface area contributed by atoms with E-state index < -0.39 is 37.5 Å². The van der Waals surface area contributed by atoms with Crippen LogP contribution in [-0.4, -0.2) is 30.2 Å². The molecule has 0 aliphatic rings. The normalized spacial score (nSPS) is 10.7. The van der Waals surface area contributed by atoms with Crippen LogP contribution in [0.4, 0.5) is 17.6 Å². The highest BCUT2D eigenvalue weighted by atomic mass is 19.3. The quantitative estimate of drug-likeness (QED) is 0.585. The zero-order valence-corrected chi connectivity index (χ0v) is 7.83. The molecule has 0 saturated heterocycles. The first-order valence-electron chi connectivity index (χ1n) is 4.18. The van der Waals surface area contributed by atoms with Crippen molar-refractivity contribution in [3.63, 3.8) is 0 Å². The minimum absolute atomic E-state index is 0.386. The molecule has 0 heterocycles. The largest absolute Gasteiger partial charge is 0.488 e. The summed E-state index contributed by atoms with van der Waals surface area (Å²) in [5.74, 6) is -3.65. The maximum atomic E-state index is 13.0. The van der Waals surface area contributed by atoms with Gasteiger partial charge in [0, 0.05) is 0 Å². The molecule has 0 atom stereocenters. The number of rotatable bonds is 4. The Labute approximate surface area is 88.4 Å². The lowest BCUT2D eigenvalue weighted by Crippen LogP contribution is -2.30. The molecule has 3 nitrogen and oxygen atoms in total. The van der Waals surface area contributed by atoms with Crippen LogP contribution in [0, 0.1) is 11.6 Å². The molecule has 2 N–H and O–H groups in total. The summed E-state index contributed by atoms with van der Waals surface area (Å²) in [5, 5.41) is 17.4. The predicted octanol–water partition coefficient (Wildman–Crippen LogP) is 0.288. The first kappa shape index (κ1) is 12.8. The Balaban J connectivity index is 2.97. The predicted molar refractivity (Wildman–Crippen MR) is 47.7 cm³/mol. The molecule has 0 amide bonds. The Bertz CT molecular complexity index is 373. The summed E-state index contributed by atoms with van der Waals surface area (Å²) in [7, 11) is -2.04. The SMILES string of the molecule is OB(O)c1cc(F)c(F)c(OCC(F)F)c1. The van der Waals surface area contributed by atoms with Gasteiger partial charge in [-0.15, -0.1) is 0 Å². The number of alkyl halides is 2. The van der Waals surface area contributed by atoms with Crippen LogP contribution in [0.3, 0.4) is 0 Å². The lowest BCUT2D eigenvalue weighted by molar-refractivity contribution is 0.0795. The van der Waals surface area contributed by atoms with Crippen molar-refractivity contribution in [2.75, 3.05) is 6.61 Å². The molecular formula is C8H7BF4O3. The van der Waals surface area contributed by atoms with Crippen molar-refractivity contribution in [3.05, 3.63) is 23.8 Å². The molecule has 0 spiro atoms. The monoisotopic (exact) mass is 238 g/mol. The summed E-state index contributed by atoms with van der Waals surface area (Å²) < 4.78 is 53.7. The number of halogens is 4. The second-order valence-corrected chi connectivity index (χ2v) is 2.89. The Morgan fingerprint density at radius 3 is 2.38 bits per heavy atom. The molecule has 16 heavy (non-hydrogen) atoms. The molecule has 1 aromatic carbocycles. The average molecular weight is 238 g/mol. The fourth-order valence-electron chi connectivity index (χ4n) is 0.991. The minimum Gasteiger partial charge on any atom is -0.484 e. The standard InChI is InChI=1S/C8H7BF4O3/c10-5-1-4(9(14)15)2-6(8(5)13)16-3-7(11)12/h1-2,7,14-15H,3H2. The number of hydrogen-bond acceptors (Lipinski definition) is 3. The highest BCUT2D eigenvalue weighted by Crippen LogP contribution is 2.18. The second-order valence-electron chi connectivity index (χ2n) is 2.89. The van der Waals surface area contributed by atoms with E-state index in [0.29, 0.717) is 6.07 Å². The molecule has 0 aliphatic carbocycles. The van der Waals surface area contributed by atoms with E-state index >= 15 is 0 Å². The number of ether oxygens (including phenoxy) is 1. The molecule has 0 aromatic heterocycles. The summed E-state index contributed by atoms with van der Waals surface area (Å²) in [6.45, 7) is -1.11. The van der Waals surface area contributed by atoms with Gasteiger partial charge in [-0.25, -0.2) is 13.2 Å².